The number of aromatic hydroxyl groups is 1. The van der Waals surface area contributed by atoms with Crippen LogP contribution in [0, 0.1) is 5.82 Å². The monoisotopic (exact) mass is 533 g/mol. The second-order valence-corrected chi connectivity index (χ2v) is 8.35. The predicted molar refractivity (Wildman–Crippen MR) is 122 cm³/mol. The van der Waals surface area contributed by atoms with Crippen LogP contribution in [0.5, 0.6) is 17.2 Å². The van der Waals surface area contributed by atoms with Gasteiger partial charge in [0.15, 0.2) is 17.2 Å². The smallest absolute Gasteiger partial charge is 0.175 e. The van der Waals surface area contributed by atoms with Crippen molar-refractivity contribution >= 4 is 56.4 Å². The van der Waals surface area contributed by atoms with Crippen LogP contribution in [0.4, 0.5) is 10.1 Å². The molecule has 3 aromatic rings. The molecule has 158 valence electrons. The summed E-state index contributed by atoms with van der Waals surface area (Å²) in [7, 11) is 1.54. The summed E-state index contributed by atoms with van der Waals surface area (Å²) in [5.74, 6) is 0.449. The number of phenols is 1. The van der Waals surface area contributed by atoms with Gasteiger partial charge in [0.1, 0.15) is 12.4 Å². The van der Waals surface area contributed by atoms with Gasteiger partial charge in [0, 0.05) is 17.8 Å². The van der Waals surface area contributed by atoms with Gasteiger partial charge >= 0.3 is 0 Å². The fraction of sp³-hybridized carbons (Fsp3) is 0.143. The zero-order valence-electron chi connectivity index (χ0n) is 15.6. The fourth-order valence-corrected chi connectivity index (χ4v) is 3.99. The van der Waals surface area contributed by atoms with Crippen LogP contribution in [0.2, 0.25) is 15.1 Å². The lowest BCUT2D eigenvalue weighted by molar-refractivity contribution is 0.282. The second kappa shape index (κ2) is 9.96. The topological polar surface area (TPSA) is 50.7 Å². The minimum atomic E-state index is -0.407. The summed E-state index contributed by atoms with van der Waals surface area (Å²) in [6.07, 6.45) is 0. The Morgan fingerprint density at radius 2 is 1.73 bits per heavy atom. The molecule has 0 spiro atoms. The maximum Gasteiger partial charge on any atom is 0.175 e. The van der Waals surface area contributed by atoms with Crippen LogP contribution >= 0.6 is 50.7 Å². The highest BCUT2D eigenvalue weighted by Gasteiger charge is 2.14. The standard InChI is InChI=1S/C21H16BrCl3FNO3/c1-29-19-5-11(9-27-14-7-17(24)20(28)18(25)8-14)4-15(22)21(19)30-10-12-2-3-13(26)6-16(12)23/h2-8,27-28H,9-10H2,1H3. The summed E-state index contributed by atoms with van der Waals surface area (Å²) in [4.78, 5) is 0. The Balaban J connectivity index is 1.75. The van der Waals surface area contributed by atoms with E-state index in [0.717, 1.165) is 5.56 Å². The average Bonchev–Trinajstić information content (AvgIpc) is 2.70. The molecule has 2 N–H and O–H groups in total. The zero-order valence-corrected chi connectivity index (χ0v) is 19.5. The van der Waals surface area contributed by atoms with Gasteiger partial charge in [-0.15, -0.1) is 0 Å². The molecular weight excluding hydrogens is 519 g/mol. The van der Waals surface area contributed by atoms with Crippen molar-refractivity contribution in [2.45, 2.75) is 13.2 Å². The highest BCUT2D eigenvalue weighted by atomic mass is 79.9. The molecule has 0 saturated heterocycles. The lowest BCUT2D eigenvalue weighted by atomic mass is 10.2. The van der Waals surface area contributed by atoms with Crippen LogP contribution in [0.1, 0.15) is 11.1 Å². The number of anilines is 1. The maximum absolute atomic E-state index is 13.2. The van der Waals surface area contributed by atoms with Crippen molar-refractivity contribution in [3.05, 3.63) is 78.9 Å². The van der Waals surface area contributed by atoms with Crippen molar-refractivity contribution in [3.8, 4) is 17.2 Å². The molecule has 0 unspecified atom stereocenters. The van der Waals surface area contributed by atoms with Crippen molar-refractivity contribution in [2.24, 2.45) is 0 Å². The minimum absolute atomic E-state index is 0.149. The third-order valence-corrected chi connectivity index (χ3v) is 5.71. The molecule has 0 radical (unpaired) electrons. The lowest BCUT2D eigenvalue weighted by Crippen LogP contribution is -2.03. The Bertz CT molecular complexity index is 1060. The van der Waals surface area contributed by atoms with Gasteiger partial charge in [-0.3, -0.25) is 0 Å². The molecule has 0 heterocycles. The van der Waals surface area contributed by atoms with Gasteiger partial charge < -0.3 is 19.9 Å². The third kappa shape index (κ3) is 5.43. The molecule has 0 saturated carbocycles. The van der Waals surface area contributed by atoms with Crippen LogP contribution in [0.25, 0.3) is 0 Å². The van der Waals surface area contributed by atoms with Gasteiger partial charge in [-0.05, 0) is 57.9 Å². The number of benzene rings is 3. The first-order chi connectivity index (χ1) is 14.3. The molecule has 0 aliphatic rings. The molecule has 0 fully saturated rings. The van der Waals surface area contributed by atoms with Crippen LogP contribution in [-0.2, 0) is 13.2 Å². The Hall–Kier alpha value is -1.86. The SMILES string of the molecule is COc1cc(CNc2cc(Cl)c(O)c(Cl)c2)cc(Br)c1OCc1ccc(F)cc1Cl. The van der Waals surface area contributed by atoms with Gasteiger partial charge in [0.25, 0.3) is 0 Å². The maximum atomic E-state index is 13.2. The summed E-state index contributed by atoms with van der Waals surface area (Å²) in [5.41, 5.74) is 2.20. The van der Waals surface area contributed by atoms with E-state index in [-0.39, 0.29) is 27.4 Å². The molecule has 4 nitrogen and oxygen atoms in total. The molecule has 30 heavy (non-hydrogen) atoms. The summed E-state index contributed by atoms with van der Waals surface area (Å²) in [6.45, 7) is 0.590. The predicted octanol–water partition coefficient (Wildman–Crippen LogP) is 7.45. The van der Waals surface area contributed by atoms with Crippen molar-refractivity contribution in [2.75, 3.05) is 12.4 Å². The van der Waals surface area contributed by atoms with Gasteiger partial charge in [-0.25, -0.2) is 4.39 Å². The van der Waals surface area contributed by atoms with Crippen LogP contribution in [-0.4, -0.2) is 12.2 Å². The molecule has 3 aromatic carbocycles. The van der Waals surface area contributed by atoms with Crippen molar-refractivity contribution in [1.82, 2.24) is 0 Å². The van der Waals surface area contributed by atoms with Crippen molar-refractivity contribution in [3.63, 3.8) is 0 Å². The lowest BCUT2D eigenvalue weighted by Gasteiger charge is -2.16. The molecular formula is C21H16BrCl3FNO3. The molecule has 0 aliphatic heterocycles. The van der Waals surface area contributed by atoms with Crippen LogP contribution in [0.15, 0.2) is 46.9 Å². The molecule has 0 bridgehead atoms. The van der Waals surface area contributed by atoms with Crippen molar-refractivity contribution < 1.29 is 19.0 Å². The number of hydrogen-bond acceptors (Lipinski definition) is 4. The Labute approximate surface area is 196 Å². The fourth-order valence-electron chi connectivity index (χ4n) is 2.68. The third-order valence-electron chi connectivity index (χ3n) is 4.19. The van der Waals surface area contributed by atoms with E-state index in [9.17, 15) is 9.50 Å². The largest absolute Gasteiger partial charge is 0.505 e. The Kier molecular flexibility index (Phi) is 7.58. The number of ether oxygens (including phenoxy) is 2. The van der Waals surface area contributed by atoms with Crippen LogP contribution in [0.3, 0.4) is 0 Å². The van der Waals surface area contributed by atoms with Gasteiger partial charge in [0.2, 0.25) is 0 Å². The Morgan fingerprint density at radius 3 is 2.37 bits per heavy atom. The normalized spacial score (nSPS) is 10.7. The quantitative estimate of drug-likeness (QED) is 0.309. The number of hydrogen-bond donors (Lipinski definition) is 2. The number of nitrogens with one attached hydrogen (secondary N) is 1. The first-order valence-corrected chi connectivity index (χ1v) is 10.6. The van der Waals surface area contributed by atoms with Crippen LogP contribution < -0.4 is 14.8 Å². The van der Waals surface area contributed by atoms with E-state index in [1.807, 2.05) is 12.1 Å². The highest BCUT2D eigenvalue weighted by molar-refractivity contribution is 9.10. The number of halogens is 5. The van der Waals surface area contributed by atoms with E-state index in [4.69, 9.17) is 44.3 Å². The number of phenolic OH excluding ortho intramolecular Hbond substituents is 1. The van der Waals surface area contributed by atoms with Gasteiger partial charge in [0.05, 0.1) is 26.7 Å². The molecule has 0 aromatic heterocycles. The number of methoxy groups -OCH3 is 1. The first kappa shape index (κ1) is 22.8. The first-order valence-electron chi connectivity index (χ1n) is 8.63. The van der Waals surface area contributed by atoms with Crippen molar-refractivity contribution in [1.29, 1.82) is 0 Å². The summed E-state index contributed by atoms with van der Waals surface area (Å²) < 4.78 is 25.2. The molecule has 3 rings (SSSR count). The molecule has 0 aliphatic carbocycles. The summed E-state index contributed by atoms with van der Waals surface area (Å²) in [6, 6.07) is 11.0. The molecule has 9 heteroatoms. The van der Waals surface area contributed by atoms with E-state index in [2.05, 4.69) is 21.2 Å². The molecule has 0 atom stereocenters. The number of rotatable bonds is 7. The van der Waals surface area contributed by atoms with E-state index < -0.39 is 5.82 Å². The van der Waals surface area contributed by atoms with E-state index in [1.165, 1.54) is 19.2 Å². The van der Waals surface area contributed by atoms with Gasteiger partial charge in [-0.2, -0.15) is 0 Å². The summed E-state index contributed by atoms with van der Waals surface area (Å²) >= 11 is 21.5. The summed E-state index contributed by atoms with van der Waals surface area (Å²) in [5, 5.41) is 13.5. The van der Waals surface area contributed by atoms with E-state index in [1.54, 1.807) is 18.2 Å². The minimum Gasteiger partial charge on any atom is -0.505 e. The zero-order chi connectivity index (χ0) is 21.8. The van der Waals surface area contributed by atoms with E-state index in [0.29, 0.717) is 33.8 Å². The highest BCUT2D eigenvalue weighted by Crippen LogP contribution is 2.38. The van der Waals surface area contributed by atoms with E-state index >= 15 is 0 Å². The molecule has 0 amide bonds. The Morgan fingerprint density at radius 1 is 1.03 bits per heavy atom. The van der Waals surface area contributed by atoms with Gasteiger partial charge in [-0.1, -0.05) is 40.9 Å². The second-order valence-electron chi connectivity index (χ2n) is 6.28. The average molecular weight is 536 g/mol.